The van der Waals surface area contributed by atoms with Crippen molar-refractivity contribution in [3.05, 3.63) is 18.2 Å². The van der Waals surface area contributed by atoms with Gasteiger partial charge in [0.15, 0.2) is 0 Å². The van der Waals surface area contributed by atoms with Gasteiger partial charge in [0.2, 0.25) is 10.0 Å². The van der Waals surface area contributed by atoms with Crippen LogP contribution in [0.2, 0.25) is 0 Å². The molecule has 0 aliphatic heterocycles. The lowest BCUT2D eigenvalue weighted by atomic mass is 9.91. The Labute approximate surface area is 120 Å². The van der Waals surface area contributed by atoms with Crippen molar-refractivity contribution in [2.24, 2.45) is 5.92 Å². The maximum atomic E-state index is 12.2. The molecule has 5 nitrogen and oxygen atoms in total. The largest absolute Gasteiger partial charge is 0.506 e. The van der Waals surface area contributed by atoms with Crippen LogP contribution in [0, 0.1) is 5.92 Å². The third-order valence-corrected chi connectivity index (χ3v) is 5.09. The van der Waals surface area contributed by atoms with E-state index in [-0.39, 0.29) is 23.1 Å². The molecule has 2 rings (SSSR count). The zero-order chi connectivity index (χ0) is 14.6. The highest BCUT2D eigenvalue weighted by Gasteiger charge is 2.23. The number of para-hydroxylation sites is 1. The second kappa shape index (κ2) is 6.35. The smallest absolute Gasteiger partial charge is 0.233 e. The molecule has 0 heterocycles. The third-order valence-electron chi connectivity index (χ3n) is 3.66. The van der Waals surface area contributed by atoms with Crippen LogP contribution in [0.1, 0.15) is 32.1 Å². The SMILES string of the molecule is COc1cccc(O)c1NS(=O)(=O)CC1CCCCC1. The maximum Gasteiger partial charge on any atom is 0.233 e. The Balaban J connectivity index is 2.11. The number of hydrogen-bond acceptors (Lipinski definition) is 4. The number of hydrogen-bond donors (Lipinski definition) is 2. The van der Waals surface area contributed by atoms with Gasteiger partial charge in [0.1, 0.15) is 17.2 Å². The fraction of sp³-hybridized carbons (Fsp3) is 0.571. The molecule has 1 aliphatic rings. The average molecular weight is 299 g/mol. The number of sulfonamides is 1. The van der Waals surface area contributed by atoms with Crippen LogP contribution in [0.5, 0.6) is 11.5 Å². The zero-order valence-corrected chi connectivity index (χ0v) is 12.4. The number of aromatic hydroxyl groups is 1. The molecule has 1 aromatic rings. The molecule has 2 N–H and O–H groups in total. The van der Waals surface area contributed by atoms with E-state index in [2.05, 4.69) is 4.72 Å². The highest BCUT2D eigenvalue weighted by atomic mass is 32.2. The minimum atomic E-state index is -3.48. The monoisotopic (exact) mass is 299 g/mol. The second-order valence-corrected chi connectivity index (χ2v) is 7.01. The van der Waals surface area contributed by atoms with Gasteiger partial charge in [-0.3, -0.25) is 4.72 Å². The Bertz CT molecular complexity index is 550. The molecule has 1 aliphatic carbocycles. The summed E-state index contributed by atoms with van der Waals surface area (Å²) in [4.78, 5) is 0. The van der Waals surface area contributed by atoms with Crippen molar-refractivity contribution in [2.75, 3.05) is 17.6 Å². The first kappa shape index (κ1) is 15.0. The first-order valence-electron chi connectivity index (χ1n) is 6.88. The number of phenolic OH excluding ortho intramolecular Hbond substituents is 1. The number of ether oxygens (including phenoxy) is 1. The lowest BCUT2D eigenvalue weighted by Crippen LogP contribution is -2.24. The van der Waals surface area contributed by atoms with E-state index in [1.54, 1.807) is 12.1 Å². The molecule has 1 fully saturated rings. The predicted molar refractivity (Wildman–Crippen MR) is 78.6 cm³/mol. The highest BCUT2D eigenvalue weighted by molar-refractivity contribution is 7.92. The van der Waals surface area contributed by atoms with Crippen LogP contribution < -0.4 is 9.46 Å². The summed E-state index contributed by atoms with van der Waals surface area (Å²) in [7, 11) is -2.04. The standard InChI is InChI=1S/C14H21NO4S/c1-19-13-9-5-8-12(16)14(13)15-20(17,18)10-11-6-3-2-4-7-11/h5,8-9,11,15-16H,2-4,6-7,10H2,1H3. The first-order valence-corrected chi connectivity index (χ1v) is 8.53. The van der Waals surface area contributed by atoms with Crippen LogP contribution in [0.15, 0.2) is 18.2 Å². The Morgan fingerprint density at radius 2 is 2.00 bits per heavy atom. The van der Waals surface area contributed by atoms with Gasteiger partial charge in [0.05, 0.1) is 12.9 Å². The Morgan fingerprint density at radius 1 is 1.30 bits per heavy atom. The lowest BCUT2D eigenvalue weighted by molar-refractivity contribution is 0.385. The molecular formula is C14H21NO4S. The van der Waals surface area contributed by atoms with E-state index < -0.39 is 10.0 Å². The molecule has 0 radical (unpaired) electrons. The minimum Gasteiger partial charge on any atom is -0.506 e. The molecule has 0 amide bonds. The summed E-state index contributed by atoms with van der Waals surface area (Å²) in [6.07, 6.45) is 5.30. The molecular weight excluding hydrogens is 278 g/mol. The molecule has 1 saturated carbocycles. The van der Waals surface area contributed by atoms with Gasteiger partial charge < -0.3 is 9.84 Å². The van der Waals surface area contributed by atoms with Gasteiger partial charge in [0, 0.05) is 0 Å². The topological polar surface area (TPSA) is 75.6 Å². The van der Waals surface area contributed by atoms with Gasteiger partial charge in [-0.15, -0.1) is 0 Å². The minimum absolute atomic E-state index is 0.102. The molecule has 0 saturated heterocycles. The van der Waals surface area contributed by atoms with Crippen LogP contribution >= 0.6 is 0 Å². The molecule has 20 heavy (non-hydrogen) atoms. The molecule has 0 unspecified atom stereocenters. The number of methoxy groups -OCH3 is 1. The van der Waals surface area contributed by atoms with E-state index in [1.807, 2.05) is 0 Å². The number of nitrogens with one attached hydrogen (secondary N) is 1. The Kier molecular flexibility index (Phi) is 4.75. The van der Waals surface area contributed by atoms with Gasteiger partial charge in [-0.05, 0) is 30.9 Å². The van der Waals surface area contributed by atoms with Crippen molar-refractivity contribution < 1.29 is 18.3 Å². The second-order valence-electron chi connectivity index (χ2n) is 5.24. The first-order chi connectivity index (χ1) is 9.52. The third kappa shape index (κ3) is 3.79. The highest BCUT2D eigenvalue weighted by Crippen LogP contribution is 2.34. The summed E-state index contributed by atoms with van der Waals surface area (Å²) in [5.74, 6) is 0.497. The molecule has 1 aromatic carbocycles. The summed E-state index contributed by atoms with van der Waals surface area (Å²) in [6.45, 7) is 0. The van der Waals surface area contributed by atoms with E-state index >= 15 is 0 Å². The maximum absolute atomic E-state index is 12.2. The summed E-state index contributed by atoms with van der Waals surface area (Å²) in [5, 5.41) is 9.78. The quantitative estimate of drug-likeness (QED) is 0.820. The van der Waals surface area contributed by atoms with Gasteiger partial charge in [-0.25, -0.2) is 8.42 Å². The number of benzene rings is 1. The van der Waals surface area contributed by atoms with Crippen LogP contribution in [0.25, 0.3) is 0 Å². The fourth-order valence-corrected chi connectivity index (χ4v) is 4.21. The van der Waals surface area contributed by atoms with Crippen molar-refractivity contribution in [1.29, 1.82) is 0 Å². The molecule has 0 aromatic heterocycles. The van der Waals surface area contributed by atoms with E-state index in [0.29, 0.717) is 5.75 Å². The number of phenols is 1. The van der Waals surface area contributed by atoms with Crippen LogP contribution in [0.3, 0.4) is 0 Å². The lowest BCUT2D eigenvalue weighted by Gasteiger charge is -2.22. The van der Waals surface area contributed by atoms with E-state index in [4.69, 9.17) is 4.74 Å². The molecule has 0 bridgehead atoms. The van der Waals surface area contributed by atoms with Crippen molar-refractivity contribution in [3.63, 3.8) is 0 Å². The van der Waals surface area contributed by atoms with Gasteiger partial charge in [-0.2, -0.15) is 0 Å². The van der Waals surface area contributed by atoms with E-state index in [9.17, 15) is 13.5 Å². The van der Waals surface area contributed by atoms with Gasteiger partial charge in [0.25, 0.3) is 0 Å². The molecule has 0 atom stereocenters. The normalized spacial score (nSPS) is 16.9. The molecule has 6 heteroatoms. The van der Waals surface area contributed by atoms with E-state index in [0.717, 1.165) is 25.7 Å². The number of anilines is 1. The van der Waals surface area contributed by atoms with Crippen molar-refractivity contribution in [3.8, 4) is 11.5 Å². The van der Waals surface area contributed by atoms with Crippen molar-refractivity contribution in [1.82, 2.24) is 0 Å². The van der Waals surface area contributed by atoms with Crippen LogP contribution in [-0.2, 0) is 10.0 Å². The van der Waals surface area contributed by atoms with Crippen molar-refractivity contribution >= 4 is 15.7 Å². The summed E-state index contributed by atoms with van der Waals surface area (Å²) >= 11 is 0. The Morgan fingerprint density at radius 3 is 2.65 bits per heavy atom. The van der Waals surface area contributed by atoms with Gasteiger partial charge >= 0.3 is 0 Å². The van der Waals surface area contributed by atoms with Crippen molar-refractivity contribution in [2.45, 2.75) is 32.1 Å². The Hall–Kier alpha value is -1.43. The molecule has 0 spiro atoms. The average Bonchev–Trinajstić information content (AvgIpc) is 2.41. The zero-order valence-electron chi connectivity index (χ0n) is 11.6. The van der Waals surface area contributed by atoms with Crippen LogP contribution in [0.4, 0.5) is 5.69 Å². The molecule has 112 valence electrons. The fourth-order valence-electron chi connectivity index (χ4n) is 2.65. The summed E-state index contributed by atoms with van der Waals surface area (Å²) in [6, 6.07) is 4.65. The predicted octanol–water partition coefficient (Wildman–Crippen LogP) is 2.72. The summed E-state index contributed by atoms with van der Waals surface area (Å²) < 4.78 is 31.9. The van der Waals surface area contributed by atoms with E-state index in [1.165, 1.54) is 19.6 Å². The summed E-state index contributed by atoms with van der Waals surface area (Å²) in [5.41, 5.74) is 0.116. The number of rotatable bonds is 5. The van der Waals surface area contributed by atoms with Crippen LogP contribution in [-0.4, -0.2) is 26.4 Å². The van der Waals surface area contributed by atoms with Gasteiger partial charge in [-0.1, -0.05) is 25.3 Å².